The third-order valence-electron chi connectivity index (χ3n) is 10.8. The van der Waals surface area contributed by atoms with Crippen molar-refractivity contribution in [2.45, 2.75) is 158 Å². The first-order valence-corrected chi connectivity index (χ1v) is 27.5. The van der Waals surface area contributed by atoms with Crippen molar-refractivity contribution in [3.05, 3.63) is 109 Å². The second kappa shape index (κ2) is 16.7. The van der Waals surface area contributed by atoms with E-state index < -0.39 is 57.4 Å². The Balaban J connectivity index is 0.00000163. The molecule has 0 aliphatic carbocycles. The van der Waals surface area contributed by atoms with E-state index >= 15 is 17.6 Å². The van der Waals surface area contributed by atoms with Crippen molar-refractivity contribution in [2.75, 3.05) is 13.2 Å². The van der Waals surface area contributed by atoms with E-state index in [1.54, 1.807) is 0 Å². The molecule has 0 fully saturated rings. The van der Waals surface area contributed by atoms with Crippen molar-refractivity contribution in [2.24, 2.45) is 0 Å². The summed E-state index contributed by atoms with van der Waals surface area (Å²) in [4.78, 5) is 0. The first-order chi connectivity index (χ1) is 25.6. The lowest BCUT2D eigenvalue weighted by Gasteiger charge is -2.32. The van der Waals surface area contributed by atoms with Gasteiger partial charge in [-0.3, -0.25) is 0 Å². The highest BCUT2D eigenvalue weighted by atomic mass is 28.3. The number of ether oxygens (including phenoxy) is 1. The van der Waals surface area contributed by atoms with E-state index in [4.69, 9.17) is 4.74 Å². The molecule has 1 heterocycles. The Hall–Kier alpha value is -2.75. The van der Waals surface area contributed by atoms with E-state index in [1.807, 2.05) is 13.8 Å². The van der Waals surface area contributed by atoms with Gasteiger partial charge >= 0.3 is 0 Å². The standard InChI is InChI=1S/C44H60BF5Si2.C4H10O/c1-41(2,3)27-19-25(20-28(23-27)42(4,5)6)31-32(26-21-29(43(7,8)9)24-30(22-26)44(10,11)12)40(52(16,17)18)45(39(31)51(13,14)15)33-34(46)36(48)38(50)37(49)35(33)47;1-3-5-4-2/h19-24H,1-18H3;3-4H2,1-2H3. The highest BCUT2D eigenvalue weighted by Crippen LogP contribution is 2.52. The SMILES string of the molecule is CC(C)(C)c1cc(C2=C([Si](C)(C)C)B(c3c(F)c(F)c(F)c(F)c3F)C([Si](C)(C)C)=C2c2cc(C(C)(C)C)cc(C(C)(C)C)c2)cc(C(C)(C)C)c1.CCOCC. The van der Waals surface area contributed by atoms with Crippen LogP contribution in [0, 0.1) is 29.1 Å². The topological polar surface area (TPSA) is 9.23 Å². The zero-order chi connectivity index (χ0) is 44.2. The van der Waals surface area contributed by atoms with Crippen LogP contribution in [-0.2, 0) is 26.4 Å². The quantitative estimate of drug-likeness (QED) is 0.0998. The van der Waals surface area contributed by atoms with Gasteiger partial charge in [0.15, 0.2) is 29.1 Å². The molecule has 0 N–H and O–H groups in total. The number of hydrogen-bond acceptors (Lipinski definition) is 1. The van der Waals surface area contributed by atoms with E-state index in [0.29, 0.717) is 0 Å². The summed E-state index contributed by atoms with van der Waals surface area (Å²) in [6, 6.07) is 13.3. The van der Waals surface area contributed by atoms with Crippen molar-refractivity contribution < 1.29 is 26.7 Å². The number of benzene rings is 3. The summed E-state index contributed by atoms with van der Waals surface area (Å²) in [7, 11) is -5.29. The summed E-state index contributed by atoms with van der Waals surface area (Å²) < 4.78 is 82.9. The first kappa shape index (κ1) is 48.6. The number of hydrogen-bond donors (Lipinski definition) is 0. The van der Waals surface area contributed by atoms with Gasteiger partial charge in [0.1, 0.15) is 0 Å². The van der Waals surface area contributed by atoms with Crippen LogP contribution < -0.4 is 5.46 Å². The predicted octanol–water partition coefficient (Wildman–Crippen LogP) is 14.1. The minimum absolute atomic E-state index is 0.230. The van der Waals surface area contributed by atoms with Crippen LogP contribution in [0.5, 0.6) is 0 Å². The number of rotatable bonds is 7. The summed E-state index contributed by atoms with van der Waals surface area (Å²) >= 11 is 0. The minimum Gasteiger partial charge on any atom is -0.382 e. The second-order valence-electron chi connectivity index (χ2n) is 21.9. The van der Waals surface area contributed by atoms with Crippen molar-refractivity contribution in [1.82, 2.24) is 0 Å². The van der Waals surface area contributed by atoms with Gasteiger partial charge in [0.05, 0.1) is 16.1 Å². The van der Waals surface area contributed by atoms with Crippen LogP contribution in [-0.4, -0.2) is 36.1 Å². The van der Waals surface area contributed by atoms with Crippen LogP contribution in [0.4, 0.5) is 22.0 Å². The molecule has 314 valence electrons. The van der Waals surface area contributed by atoms with Gasteiger partial charge in [-0.05, 0) is 80.0 Å². The van der Waals surface area contributed by atoms with Crippen molar-refractivity contribution in [3.63, 3.8) is 0 Å². The molecule has 1 aliphatic rings. The fourth-order valence-corrected chi connectivity index (χ4v) is 12.1. The molecule has 3 aromatic carbocycles. The normalized spacial score (nSPS) is 14.8. The van der Waals surface area contributed by atoms with Gasteiger partial charge in [0.2, 0.25) is 6.71 Å². The molecule has 4 rings (SSSR count). The smallest absolute Gasteiger partial charge is 0.234 e. The molecule has 0 radical (unpaired) electrons. The van der Waals surface area contributed by atoms with E-state index in [0.717, 1.165) is 67.9 Å². The largest absolute Gasteiger partial charge is 0.382 e. The van der Waals surface area contributed by atoms with Gasteiger partial charge in [-0.2, -0.15) is 0 Å². The Morgan fingerprint density at radius 1 is 0.439 bits per heavy atom. The minimum atomic E-state index is -2.64. The van der Waals surface area contributed by atoms with Gasteiger partial charge < -0.3 is 4.74 Å². The molecule has 1 nitrogen and oxygen atoms in total. The third-order valence-corrected chi connectivity index (χ3v) is 15.1. The summed E-state index contributed by atoms with van der Waals surface area (Å²) in [5, 5.41) is 1.60. The van der Waals surface area contributed by atoms with Crippen molar-refractivity contribution in [3.8, 4) is 0 Å². The van der Waals surface area contributed by atoms with E-state index in [2.05, 4.69) is 159 Å². The van der Waals surface area contributed by atoms with Gasteiger partial charge in [0, 0.05) is 18.7 Å². The average Bonchev–Trinajstić information content (AvgIpc) is 3.43. The Morgan fingerprint density at radius 3 is 0.877 bits per heavy atom. The summed E-state index contributed by atoms with van der Waals surface area (Å²) in [6.45, 7) is 43.3. The van der Waals surface area contributed by atoms with Crippen LogP contribution in [0.25, 0.3) is 11.1 Å². The zero-order valence-electron chi connectivity index (χ0n) is 38.8. The number of allylic oxidation sites excluding steroid dienone is 2. The van der Waals surface area contributed by atoms with E-state index in [-0.39, 0.29) is 21.7 Å². The lowest BCUT2D eigenvalue weighted by Crippen LogP contribution is -2.51. The summed E-state index contributed by atoms with van der Waals surface area (Å²) in [5.74, 6) is -9.42. The van der Waals surface area contributed by atoms with Crippen molar-refractivity contribution >= 4 is 39.5 Å². The molecule has 0 saturated heterocycles. The first-order valence-electron chi connectivity index (χ1n) is 20.5. The average molecular weight is 825 g/mol. The van der Waals surface area contributed by atoms with Gasteiger partial charge in [-0.1, -0.05) is 169 Å². The Bertz CT molecular complexity index is 1830. The molecule has 57 heavy (non-hydrogen) atoms. The highest BCUT2D eigenvalue weighted by molar-refractivity contribution is 7.16. The van der Waals surface area contributed by atoms with Gasteiger partial charge in [-0.15, -0.1) is 0 Å². The maximum absolute atomic E-state index is 16.4. The molecular formula is C48H70BF5OSi2. The molecular weight excluding hydrogens is 755 g/mol. The van der Waals surface area contributed by atoms with Gasteiger partial charge in [0.25, 0.3) is 0 Å². The molecule has 0 bridgehead atoms. The maximum Gasteiger partial charge on any atom is 0.234 e. The molecule has 1 aliphatic heterocycles. The summed E-state index contributed by atoms with van der Waals surface area (Å²) in [6.07, 6.45) is 0. The predicted molar refractivity (Wildman–Crippen MR) is 242 cm³/mol. The lowest BCUT2D eigenvalue weighted by molar-refractivity contribution is 0.162. The molecule has 0 spiro atoms. The molecule has 3 aromatic rings. The Morgan fingerprint density at radius 2 is 0.684 bits per heavy atom. The van der Waals surface area contributed by atoms with Crippen LogP contribution in [0.15, 0.2) is 46.6 Å². The monoisotopic (exact) mass is 824 g/mol. The summed E-state index contributed by atoms with van der Waals surface area (Å²) in [5.41, 5.74) is 6.42. The molecule has 0 unspecified atom stereocenters. The Kier molecular flexibility index (Phi) is 14.3. The molecule has 0 atom stereocenters. The second-order valence-corrected chi connectivity index (χ2v) is 32.0. The lowest BCUT2D eigenvalue weighted by atomic mass is 9.44. The fraction of sp³-hybridized carbons (Fsp3) is 0.542. The molecule has 0 amide bonds. The Labute approximate surface area is 345 Å². The molecule has 0 saturated carbocycles. The maximum atomic E-state index is 16.4. The van der Waals surface area contributed by atoms with Crippen LogP contribution in [0.3, 0.4) is 0 Å². The van der Waals surface area contributed by atoms with Gasteiger partial charge in [-0.25, -0.2) is 22.0 Å². The molecule has 0 aromatic heterocycles. The molecule has 9 heteroatoms. The van der Waals surface area contributed by atoms with Crippen LogP contribution in [0.1, 0.15) is 130 Å². The highest BCUT2D eigenvalue weighted by Gasteiger charge is 2.51. The zero-order valence-corrected chi connectivity index (χ0v) is 40.8. The fourth-order valence-electron chi connectivity index (χ4n) is 7.56. The van der Waals surface area contributed by atoms with Crippen LogP contribution >= 0.6 is 0 Å². The van der Waals surface area contributed by atoms with Crippen LogP contribution in [0.2, 0.25) is 39.3 Å². The third kappa shape index (κ3) is 10.5. The van der Waals surface area contributed by atoms with Crippen molar-refractivity contribution in [1.29, 1.82) is 0 Å². The van der Waals surface area contributed by atoms with E-state index in [1.165, 1.54) is 0 Å². The van der Waals surface area contributed by atoms with E-state index in [9.17, 15) is 4.39 Å². The number of halogens is 5.